The number of methoxy groups -OCH3 is 2. The van der Waals surface area contributed by atoms with Crippen molar-refractivity contribution in [2.45, 2.75) is 18.5 Å². The average molecular weight is 248 g/mol. The van der Waals surface area contributed by atoms with Crippen LogP contribution in [-0.4, -0.2) is 55.9 Å². The van der Waals surface area contributed by atoms with E-state index < -0.39 is 30.0 Å². The largest absolute Gasteiger partial charge is 0.480 e. The molecule has 0 aromatic carbocycles. The Labute approximate surface area is 98.1 Å². The van der Waals surface area contributed by atoms with E-state index in [1.165, 1.54) is 7.11 Å². The van der Waals surface area contributed by atoms with Crippen molar-refractivity contribution in [1.29, 1.82) is 0 Å². The highest BCUT2D eigenvalue weighted by molar-refractivity contribution is 5.82. The van der Waals surface area contributed by atoms with Crippen LogP contribution in [0.4, 0.5) is 0 Å². The molecule has 0 spiro atoms. The van der Waals surface area contributed by atoms with Crippen LogP contribution in [-0.2, 0) is 23.9 Å². The van der Waals surface area contributed by atoms with Crippen molar-refractivity contribution in [3.05, 3.63) is 0 Å². The Morgan fingerprint density at radius 2 is 1.88 bits per heavy atom. The van der Waals surface area contributed by atoms with Gasteiger partial charge in [-0.2, -0.15) is 0 Å². The first-order chi connectivity index (χ1) is 7.92. The van der Waals surface area contributed by atoms with Crippen molar-refractivity contribution in [3.8, 4) is 0 Å². The van der Waals surface area contributed by atoms with Crippen molar-refractivity contribution in [1.82, 2.24) is 5.32 Å². The van der Waals surface area contributed by atoms with Crippen LogP contribution in [0.3, 0.4) is 0 Å². The van der Waals surface area contributed by atoms with E-state index in [2.05, 4.69) is 14.8 Å². The van der Waals surface area contributed by atoms with E-state index in [9.17, 15) is 14.4 Å². The standard InChI is InChI=1S/C9H16N2O6/c1-16-7(12)3-6(9(15)17-2)11-4-5(10)8(13)14/h5-6,11H,3-4,10H2,1-2H3,(H,13,14). The van der Waals surface area contributed by atoms with Crippen molar-refractivity contribution in [2.75, 3.05) is 20.8 Å². The molecule has 0 aliphatic carbocycles. The number of ether oxygens (including phenoxy) is 2. The van der Waals surface area contributed by atoms with Crippen LogP contribution in [0.1, 0.15) is 6.42 Å². The first-order valence-electron chi connectivity index (χ1n) is 4.78. The predicted octanol–water partition coefficient (Wildman–Crippen LogP) is -1.91. The van der Waals surface area contributed by atoms with Crippen molar-refractivity contribution in [3.63, 3.8) is 0 Å². The minimum atomic E-state index is -1.21. The number of carboxylic acids is 1. The molecule has 2 unspecified atom stereocenters. The zero-order chi connectivity index (χ0) is 13.4. The normalized spacial score (nSPS) is 13.6. The van der Waals surface area contributed by atoms with Crippen LogP contribution < -0.4 is 11.1 Å². The molecule has 0 fully saturated rings. The Hall–Kier alpha value is -1.67. The lowest BCUT2D eigenvalue weighted by molar-refractivity contribution is -0.149. The molecule has 8 nitrogen and oxygen atoms in total. The van der Waals surface area contributed by atoms with Gasteiger partial charge >= 0.3 is 17.9 Å². The van der Waals surface area contributed by atoms with Gasteiger partial charge in [0, 0.05) is 6.54 Å². The first-order valence-corrected chi connectivity index (χ1v) is 4.78. The monoisotopic (exact) mass is 248 g/mol. The molecule has 0 rings (SSSR count). The zero-order valence-corrected chi connectivity index (χ0v) is 9.63. The summed E-state index contributed by atoms with van der Waals surface area (Å²) in [7, 11) is 2.34. The van der Waals surface area contributed by atoms with Gasteiger partial charge in [0.15, 0.2) is 0 Å². The highest BCUT2D eigenvalue weighted by atomic mass is 16.5. The van der Waals surface area contributed by atoms with Gasteiger partial charge in [0.2, 0.25) is 0 Å². The summed E-state index contributed by atoms with van der Waals surface area (Å²) in [6.45, 7) is -0.161. The lowest BCUT2D eigenvalue weighted by atomic mass is 10.2. The van der Waals surface area contributed by atoms with Gasteiger partial charge in [-0.05, 0) is 0 Å². The molecule has 8 heteroatoms. The molecule has 0 aliphatic heterocycles. The highest BCUT2D eigenvalue weighted by Crippen LogP contribution is 1.97. The quantitative estimate of drug-likeness (QED) is 0.445. The fourth-order valence-corrected chi connectivity index (χ4v) is 0.988. The summed E-state index contributed by atoms with van der Waals surface area (Å²) in [5.41, 5.74) is 5.24. The van der Waals surface area contributed by atoms with E-state index in [0.717, 1.165) is 7.11 Å². The van der Waals surface area contributed by atoms with Gasteiger partial charge < -0.3 is 25.6 Å². The molecule has 0 heterocycles. The van der Waals surface area contributed by atoms with Crippen LogP contribution in [0.15, 0.2) is 0 Å². The van der Waals surface area contributed by atoms with E-state index in [1.54, 1.807) is 0 Å². The third-order valence-corrected chi connectivity index (χ3v) is 1.99. The lowest BCUT2D eigenvalue weighted by Crippen LogP contribution is -2.47. The van der Waals surface area contributed by atoms with Crippen LogP contribution in [0.25, 0.3) is 0 Å². The van der Waals surface area contributed by atoms with E-state index in [1.807, 2.05) is 0 Å². The molecule has 0 aromatic rings. The SMILES string of the molecule is COC(=O)CC(NCC(N)C(=O)O)C(=O)OC. The van der Waals surface area contributed by atoms with Gasteiger partial charge in [-0.25, -0.2) is 0 Å². The van der Waals surface area contributed by atoms with Crippen LogP contribution in [0, 0.1) is 0 Å². The smallest absolute Gasteiger partial charge is 0.323 e. The molecule has 0 aromatic heterocycles. The number of hydrogen-bond donors (Lipinski definition) is 3. The number of nitrogens with two attached hydrogens (primary N) is 1. The van der Waals surface area contributed by atoms with Crippen LogP contribution in [0.2, 0.25) is 0 Å². The summed E-state index contributed by atoms with van der Waals surface area (Å²) >= 11 is 0. The minimum Gasteiger partial charge on any atom is -0.480 e. The maximum Gasteiger partial charge on any atom is 0.323 e. The molecule has 4 N–H and O–H groups in total. The summed E-state index contributed by atoms with van der Waals surface area (Å²) < 4.78 is 8.85. The van der Waals surface area contributed by atoms with E-state index >= 15 is 0 Å². The first kappa shape index (κ1) is 15.3. The third-order valence-electron chi connectivity index (χ3n) is 1.99. The highest BCUT2D eigenvalue weighted by Gasteiger charge is 2.24. The number of rotatable bonds is 7. The van der Waals surface area contributed by atoms with E-state index in [4.69, 9.17) is 10.8 Å². The number of aliphatic carboxylic acids is 1. The summed E-state index contributed by atoms with van der Waals surface area (Å²) in [6.07, 6.45) is -0.254. The van der Waals surface area contributed by atoms with Crippen molar-refractivity contribution < 1.29 is 29.0 Å². The predicted molar refractivity (Wildman–Crippen MR) is 56.1 cm³/mol. The number of nitrogens with one attached hydrogen (secondary N) is 1. The van der Waals surface area contributed by atoms with E-state index in [0.29, 0.717) is 0 Å². The molecular weight excluding hydrogens is 232 g/mol. The molecule has 0 bridgehead atoms. The van der Waals surface area contributed by atoms with Crippen LogP contribution >= 0.6 is 0 Å². The number of hydrogen-bond acceptors (Lipinski definition) is 7. The molecule has 17 heavy (non-hydrogen) atoms. The number of carboxylic acid groups (broad SMARTS) is 1. The Morgan fingerprint density at radius 1 is 1.29 bits per heavy atom. The molecular formula is C9H16N2O6. The molecule has 0 aliphatic rings. The summed E-state index contributed by atoms with van der Waals surface area (Å²) in [5, 5.41) is 11.1. The number of esters is 2. The summed E-state index contributed by atoms with van der Waals surface area (Å²) in [5.74, 6) is -2.51. The maximum absolute atomic E-state index is 11.3. The Bertz CT molecular complexity index is 293. The second-order valence-electron chi connectivity index (χ2n) is 3.21. The second-order valence-corrected chi connectivity index (χ2v) is 3.21. The van der Waals surface area contributed by atoms with Crippen molar-refractivity contribution in [2.24, 2.45) is 5.73 Å². The zero-order valence-electron chi connectivity index (χ0n) is 9.63. The molecule has 0 saturated heterocycles. The maximum atomic E-state index is 11.3. The van der Waals surface area contributed by atoms with Gasteiger partial charge in [0.1, 0.15) is 12.1 Å². The van der Waals surface area contributed by atoms with Crippen LogP contribution in [0.5, 0.6) is 0 Å². The Balaban J connectivity index is 4.34. The molecule has 0 saturated carbocycles. The van der Waals surface area contributed by atoms with Gasteiger partial charge in [-0.3, -0.25) is 14.4 Å². The van der Waals surface area contributed by atoms with Gasteiger partial charge in [-0.1, -0.05) is 0 Å². The molecule has 2 atom stereocenters. The minimum absolute atomic E-state index is 0.161. The number of carbonyl (C=O) groups is 3. The summed E-state index contributed by atoms with van der Waals surface area (Å²) in [4.78, 5) is 32.7. The molecule has 0 radical (unpaired) electrons. The summed E-state index contributed by atoms with van der Waals surface area (Å²) in [6, 6.07) is -2.14. The second kappa shape index (κ2) is 7.58. The topological polar surface area (TPSA) is 128 Å². The lowest BCUT2D eigenvalue weighted by Gasteiger charge is -2.16. The third kappa shape index (κ3) is 5.83. The van der Waals surface area contributed by atoms with Gasteiger partial charge in [0.25, 0.3) is 0 Å². The Morgan fingerprint density at radius 3 is 2.29 bits per heavy atom. The molecule has 0 amide bonds. The van der Waals surface area contributed by atoms with Gasteiger partial charge in [0.05, 0.1) is 20.6 Å². The molecule has 98 valence electrons. The van der Waals surface area contributed by atoms with E-state index in [-0.39, 0.29) is 13.0 Å². The number of carbonyl (C=O) groups excluding carboxylic acids is 2. The van der Waals surface area contributed by atoms with Gasteiger partial charge in [-0.15, -0.1) is 0 Å². The average Bonchev–Trinajstić information content (AvgIpc) is 2.32. The fraction of sp³-hybridized carbons (Fsp3) is 0.667. The van der Waals surface area contributed by atoms with Crippen molar-refractivity contribution >= 4 is 17.9 Å². The Kier molecular flexibility index (Phi) is 6.83. The fourth-order valence-electron chi connectivity index (χ4n) is 0.988.